The Morgan fingerprint density at radius 3 is 2.51 bits per heavy atom. The summed E-state index contributed by atoms with van der Waals surface area (Å²) in [5.74, 6) is -3.88. The predicted molar refractivity (Wildman–Crippen MR) is 131 cm³/mol. The molecule has 2 aliphatic rings. The van der Waals surface area contributed by atoms with Gasteiger partial charge in [0.05, 0.1) is 29.6 Å². The SMILES string of the molecule is Cc1cc(C2=CCNC(C(=O)[C@H]3NC[C@@H](Oc4ccc(F)c(F)c4)C[C@@H]3C(=O)NO)C2)cc(C)c1C#N. The topological polar surface area (TPSA) is 123 Å². The van der Waals surface area contributed by atoms with Crippen molar-refractivity contribution in [2.75, 3.05) is 13.1 Å². The molecule has 0 aliphatic carbocycles. The molecule has 1 saturated heterocycles. The molecule has 37 heavy (non-hydrogen) atoms. The van der Waals surface area contributed by atoms with Crippen molar-refractivity contribution in [1.82, 2.24) is 16.1 Å². The van der Waals surface area contributed by atoms with E-state index in [-0.39, 0.29) is 24.5 Å². The molecule has 1 unspecified atom stereocenters. The molecule has 10 heteroatoms. The Hall–Kier alpha value is -3.65. The number of Topliss-reactive ketones (excluding diaryl/α,β-unsaturated/α-hetero) is 1. The van der Waals surface area contributed by atoms with Gasteiger partial charge in [0.25, 0.3) is 0 Å². The third-order valence-electron chi connectivity index (χ3n) is 6.93. The zero-order valence-corrected chi connectivity index (χ0v) is 20.5. The molecule has 2 aromatic rings. The minimum absolute atomic E-state index is 0.0816. The van der Waals surface area contributed by atoms with Crippen molar-refractivity contribution in [2.24, 2.45) is 5.92 Å². The first-order valence-corrected chi connectivity index (χ1v) is 12.0. The Morgan fingerprint density at radius 1 is 1.14 bits per heavy atom. The van der Waals surface area contributed by atoms with Crippen molar-refractivity contribution >= 4 is 17.3 Å². The lowest BCUT2D eigenvalue weighted by atomic mass is 9.81. The first kappa shape index (κ1) is 26.4. The molecule has 4 N–H and O–H groups in total. The minimum Gasteiger partial charge on any atom is -0.489 e. The summed E-state index contributed by atoms with van der Waals surface area (Å²) in [4.78, 5) is 26.1. The van der Waals surface area contributed by atoms with Gasteiger partial charge in [-0.05, 0) is 61.1 Å². The maximum Gasteiger partial charge on any atom is 0.248 e. The summed E-state index contributed by atoms with van der Waals surface area (Å²) in [5, 5.41) is 24.9. The number of nitrogens with zero attached hydrogens (tertiary/aromatic N) is 1. The average Bonchev–Trinajstić information content (AvgIpc) is 2.89. The van der Waals surface area contributed by atoms with Gasteiger partial charge in [0, 0.05) is 19.2 Å². The summed E-state index contributed by atoms with van der Waals surface area (Å²) >= 11 is 0. The predicted octanol–water partition coefficient (Wildman–Crippen LogP) is 2.70. The molecule has 194 valence electrons. The number of hydroxylamine groups is 1. The van der Waals surface area contributed by atoms with Crippen LogP contribution in [0, 0.1) is 42.7 Å². The second-order valence-electron chi connectivity index (χ2n) is 9.41. The first-order chi connectivity index (χ1) is 17.7. The van der Waals surface area contributed by atoms with Crippen molar-refractivity contribution in [3.63, 3.8) is 0 Å². The van der Waals surface area contributed by atoms with Gasteiger partial charge in [-0.3, -0.25) is 14.8 Å². The van der Waals surface area contributed by atoms with Crippen molar-refractivity contribution in [2.45, 2.75) is 44.9 Å². The van der Waals surface area contributed by atoms with Crippen molar-refractivity contribution in [3.8, 4) is 11.8 Å². The number of amides is 1. The van der Waals surface area contributed by atoms with E-state index in [1.54, 1.807) is 5.48 Å². The number of nitrogens with one attached hydrogen (secondary N) is 3. The number of carbonyl (C=O) groups is 2. The molecule has 0 aromatic heterocycles. The van der Waals surface area contributed by atoms with Gasteiger partial charge >= 0.3 is 0 Å². The molecule has 0 radical (unpaired) electrons. The van der Waals surface area contributed by atoms with E-state index in [1.165, 1.54) is 6.07 Å². The maximum atomic E-state index is 13.6. The summed E-state index contributed by atoms with van der Waals surface area (Å²) < 4.78 is 32.5. The normalized spacial score (nSPS) is 23.5. The monoisotopic (exact) mass is 510 g/mol. The number of piperidine rings is 1. The van der Waals surface area contributed by atoms with Crippen LogP contribution in [0.1, 0.15) is 35.1 Å². The van der Waals surface area contributed by atoms with Gasteiger partial charge in [0.1, 0.15) is 11.9 Å². The van der Waals surface area contributed by atoms with E-state index in [0.717, 1.165) is 34.4 Å². The summed E-state index contributed by atoms with van der Waals surface area (Å²) in [5.41, 5.74) is 5.89. The van der Waals surface area contributed by atoms with Crippen LogP contribution in [0.5, 0.6) is 5.75 Å². The number of aryl methyl sites for hydroxylation is 2. The molecule has 1 fully saturated rings. The Morgan fingerprint density at radius 2 is 1.86 bits per heavy atom. The Balaban J connectivity index is 1.48. The molecule has 8 nitrogen and oxygen atoms in total. The highest BCUT2D eigenvalue weighted by molar-refractivity contribution is 5.96. The van der Waals surface area contributed by atoms with Crippen molar-refractivity contribution in [3.05, 3.63) is 70.3 Å². The second-order valence-corrected chi connectivity index (χ2v) is 9.41. The van der Waals surface area contributed by atoms with Gasteiger partial charge in [-0.2, -0.15) is 5.26 Å². The van der Waals surface area contributed by atoms with Gasteiger partial charge in [-0.1, -0.05) is 18.2 Å². The van der Waals surface area contributed by atoms with Gasteiger partial charge in [0.15, 0.2) is 17.4 Å². The third-order valence-corrected chi connectivity index (χ3v) is 6.93. The number of halogens is 2. The number of hydrogen-bond acceptors (Lipinski definition) is 7. The van der Waals surface area contributed by atoms with Gasteiger partial charge in [-0.15, -0.1) is 0 Å². The van der Waals surface area contributed by atoms with Crippen LogP contribution in [0.3, 0.4) is 0 Å². The molecule has 1 amide bonds. The number of benzene rings is 2. The third kappa shape index (κ3) is 5.69. The number of ketones is 1. The maximum absolute atomic E-state index is 13.6. The molecule has 4 rings (SSSR count). The highest BCUT2D eigenvalue weighted by atomic mass is 19.2. The van der Waals surface area contributed by atoms with Gasteiger partial charge in [-0.25, -0.2) is 14.3 Å². The molecule has 2 aromatic carbocycles. The van der Waals surface area contributed by atoms with E-state index in [1.807, 2.05) is 32.1 Å². The summed E-state index contributed by atoms with van der Waals surface area (Å²) in [6.45, 7) is 4.40. The number of hydrogen-bond donors (Lipinski definition) is 4. The van der Waals surface area contributed by atoms with Crippen LogP contribution in [-0.4, -0.2) is 48.2 Å². The summed E-state index contributed by atoms with van der Waals surface area (Å²) in [6, 6.07) is 7.76. The lowest BCUT2D eigenvalue weighted by molar-refractivity contribution is -0.140. The molecule has 2 aliphatic heterocycles. The summed E-state index contributed by atoms with van der Waals surface area (Å²) in [6.07, 6.45) is 1.86. The quantitative estimate of drug-likeness (QED) is 0.348. The Bertz CT molecular complexity index is 1270. The first-order valence-electron chi connectivity index (χ1n) is 12.0. The lowest BCUT2D eigenvalue weighted by Crippen LogP contribution is -2.60. The van der Waals surface area contributed by atoms with E-state index < -0.39 is 41.6 Å². The van der Waals surface area contributed by atoms with Crippen LogP contribution in [0.4, 0.5) is 8.78 Å². The zero-order valence-electron chi connectivity index (χ0n) is 20.5. The van der Waals surface area contributed by atoms with Crippen LogP contribution < -0.4 is 20.9 Å². The van der Waals surface area contributed by atoms with Gasteiger partial charge < -0.3 is 15.4 Å². The zero-order chi connectivity index (χ0) is 26.7. The van der Waals surface area contributed by atoms with Crippen LogP contribution >= 0.6 is 0 Å². The van der Waals surface area contributed by atoms with Crippen LogP contribution in [0.15, 0.2) is 36.4 Å². The Kier molecular flexibility index (Phi) is 7.97. The lowest BCUT2D eigenvalue weighted by Gasteiger charge is -2.37. The molecule has 0 bridgehead atoms. The van der Waals surface area contributed by atoms with Crippen molar-refractivity contribution < 1.29 is 28.3 Å². The highest BCUT2D eigenvalue weighted by Crippen LogP contribution is 2.29. The number of nitriles is 1. The van der Waals surface area contributed by atoms with Crippen LogP contribution in [0.25, 0.3) is 5.57 Å². The number of ether oxygens (including phenoxy) is 1. The average molecular weight is 511 g/mol. The molecular weight excluding hydrogens is 482 g/mol. The molecule has 2 heterocycles. The van der Waals surface area contributed by atoms with E-state index in [9.17, 15) is 28.8 Å². The van der Waals surface area contributed by atoms with E-state index >= 15 is 0 Å². The van der Waals surface area contributed by atoms with Gasteiger partial charge in [0.2, 0.25) is 5.91 Å². The fraction of sp³-hybridized carbons (Fsp3) is 0.370. The van der Waals surface area contributed by atoms with Crippen molar-refractivity contribution in [1.29, 1.82) is 5.26 Å². The fourth-order valence-corrected chi connectivity index (χ4v) is 5.05. The largest absolute Gasteiger partial charge is 0.489 e. The second kappa shape index (κ2) is 11.2. The standard InChI is InChI=1S/C27H28F2N4O4/c1-14-7-17(8-15(2)21(14)12-30)16-5-6-31-24(9-16)26(34)25-20(27(35)33-36)10-19(13-32-25)37-18-3-4-22(28)23(29)11-18/h3-5,7-8,11,19-20,24-25,31-32,36H,6,9-10,13H2,1-2H3,(H,33,35)/t19-,20-,24?,25-/m0/s1. The summed E-state index contributed by atoms with van der Waals surface area (Å²) in [7, 11) is 0. The van der Waals surface area contributed by atoms with Crippen LogP contribution in [0.2, 0.25) is 0 Å². The number of carbonyl (C=O) groups excluding carboxylic acids is 2. The van der Waals surface area contributed by atoms with E-state index in [4.69, 9.17) is 4.74 Å². The smallest absolute Gasteiger partial charge is 0.248 e. The van der Waals surface area contributed by atoms with E-state index in [2.05, 4.69) is 16.7 Å². The molecular formula is C27H28F2N4O4. The fourth-order valence-electron chi connectivity index (χ4n) is 5.05. The minimum atomic E-state index is -1.06. The Labute approximate surface area is 213 Å². The molecule has 0 spiro atoms. The number of rotatable bonds is 6. The molecule has 0 saturated carbocycles. The van der Waals surface area contributed by atoms with E-state index in [0.29, 0.717) is 18.5 Å². The molecule has 4 atom stereocenters. The van der Waals surface area contributed by atoms with Crippen LogP contribution in [-0.2, 0) is 9.59 Å². The highest BCUT2D eigenvalue weighted by Gasteiger charge is 2.42.